The molecule has 11 heteroatoms. The maximum absolute atomic E-state index is 12.6. The molecule has 0 saturated carbocycles. The number of anilines is 3. The number of aromatic amines is 1. The Balaban J connectivity index is 1.38. The highest BCUT2D eigenvalue weighted by Crippen LogP contribution is 2.30. The van der Waals surface area contributed by atoms with Gasteiger partial charge in [0.2, 0.25) is 5.13 Å². The molecule has 5 aromatic rings. The minimum atomic E-state index is -3.75. The smallest absolute Gasteiger partial charge is 0.262 e. The van der Waals surface area contributed by atoms with E-state index in [1.807, 2.05) is 18.2 Å². The summed E-state index contributed by atoms with van der Waals surface area (Å²) in [7, 11) is -3.75. The van der Waals surface area contributed by atoms with Gasteiger partial charge in [0, 0.05) is 22.7 Å². The Morgan fingerprint density at radius 1 is 1.03 bits per heavy atom. The monoisotopic (exact) mass is 438 g/mol. The number of aromatic nitrogens is 4. The van der Waals surface area contributed by atoms with E-state index in [1.165, 1.54) is 36.0 Å². The van der Waals surface area contributed by atoms with Crippen molar-refractivity contribution in [1.29, 1.82) is 0 Å². The van der Waals surface area contributed by atoms with Crippen LogP contribution in [-0.4, -0.2) is 28.8 Å². The van der Waals surface area contributed by atoms with Gasteiger partial charge >= 0.3 is 0 Å². The Morgan fingerprint density at radius 3 is 2.83 bits per heavy atom. The van der Waals surface area contributed by atoms with Crippen LogP contribution < -0.4 is 10.0 Å². The van der Waals surface area contributed by atoms with E-state index in [0.717, 1.165) is 16.6 Å². The van der Waals surface area contributed by atoms with Gasteiger partial charge in [-0.3, -0.25) is 9.82 Å². The summed E-state index contributed by atoms with van der Waals surface area (Å²) in [6, 6.07) is 13.9. The summed E-state index contributed by atoms with van der Waals surface area (Å²) < 4.78 is 32.6. The fourth-order valence-electron chi connectivity index (χ4n) is 2.87. The zero-order valence-electron chi connectivity index (χ0n) is 15.2. The van der Waals surface area contributed by atoms with Crippen LogP contribution in [-0.2, 0) is 10.0 Å². The third-order valence-electron chi connectivity index (χ3n) is 4.28. The molecule has 0 radical (unpaired) electrons. The fourth-order valence-corrected chi connectivity index (χ4v) is 4.71. The summed E-state index contributed by atoms with van der Waals surface area (Å²) in [5.41, 5.74) is 2.81. The predicted octanol–water partition coefficient (Wildman–Crippen LogP) is 4.22. The lowest BCUT2D eigenvalue weighted by Gasteiger charge is -2.06. The van der Waals surface area contributed by atoms with Gasteiger partial charge in [-0.2, -0.15) is 5.10 Å². The molecular formula is C19H14N6O3S2. The number of furan rings is 1. The van der Waals surface area contributed by atoms with Gasteiger partial charge in [-0.05, 0) is 30.3 Å². The molecule has 0 saturated heterocycles. The van der Waals surface area contributed by atoms with E-state index in [0.29, 0.717) is 21.4 Å². The highest BCUT2D eigenvalue weighted by Gasteiger charge is 2.17. The minimum absolute atomic E-state index is 0.122. The van der Waals surface area contributed by atoms with Crippen LogP contribution in [0.5, 0.6) is 0 Å². The number of hydrogen-bond acceptors (Lipinski definition) is 8. The van der Waals surface area contributed by atoms with E-state index in [2.05, 4.69) is 30.4 Å². The molecule has 30 heavy (non-hydrogen) atoms. The second-order valence-electron chi connectivity index (χ2n) is 6.35. The van der Waals surface area contributed by atoms with E-state index in [-0.39, 0.29) is 4.90 Å². The first-order valence-electron chi connectivity index (χ1n) is 8.76. The highest BCUT2D eigenvalue weighted by atomic mass is 32.2. The van der Waals surface area contributed by atoms with Crippen LogP contribution in [0.2, 0.25) is 0 Å². The molecule has 0 aliphatic heterocycles. The molecule has 9 nitrogen and oxygen atoms in total. The molecule has 0 spiro atoms. The number of hydrogen-bond donors (Lipinski definition) is 3. The van der Waals surface area contributed by atoms with Crippen molar-refractivity contribution in [3.63, 3.8) is 0 Å². The van der Waals surface area contributed by atoms with E-state index in [4.69, 9.17) is 4.42 Å². The highest BCUT2D eigenvalue weighted by molar-refractivity contribution is 7.92. The average molecular weight is 438 g/mol. The summed E-state index contributed by atoms with van der Waals surface area (Å²) in [5.74, 6) is 0. The molecule has 3 N–H and O–H groups in total. The van der Waals surface area contributed by atoms with Gasteiger partial charge in [-0.25, -0.2) is 8.42 Å². The van der Waals surface area contributed by atoms with E-state index in [9.17, 15) is 8.42 Å². The van der Waals surface area contributed by atoms with Gasteiger partial charge in [0.05, 0.1) is 28.6 Å². The van der Waals surface area contributed by atoms with Gasteiger partial charge in [0.1, 0.15) is 11.3 Å². The molecule has 3 heterocycles. The van der Waals surface area contributed by atoms with Crippen LogP contribution in [0.1, 0.15) is 0 Å². The zero-order chi connectivity index (χ0) is 20.6. The summed E-state index contributed by atoms with van der Waals surface area (Å²) in [6.45, 7) is 0. The maximum Gasteiger partial charge on any atom is 0.262 e. The van der Waals surface area contributed by atoms with Crippen LogP contribution in [0.4, 0.5) is 16.5 Å². The van der Waals surface area contributed by atoms with Crippen LogP contribution >= 0.6 is 11.3 Å². The van der Waals surface area contributed by atoms with Gasteiger partial charge < -0.3 is 9.73 Å². The number of rotatable bonds is 6. The van der Waals surface area contributed by atoms with Crippen LogP contribution in [0.15, 0.2) is 76.6 Å². The first-order chi connectivity index (χ1) is 14.6. The van der Waals surface area contributed by atoms with Crippen molar-refractivity contribution in [3.05, 3.63) is 67.3 Å². The fraction of sp³-hybridized carbons (Fsp3) is 0. The molecule has 0 bridgehead atoms. The Kier molecular flexibility index (Phi) is 4.45. The number of sulfonamides is 1. The molecule has 0 aliphatic rings. The molecule has 0 unspecified atom stereocenters. The van der Waals surface area contributed by atoms with Crippen molar-refractivity contribution >= 4 is 48.8 Å². The van der Waals surface area contributed by atoms with Gasteiger partial charge in [-0.15, -0.1) is 10.2 Å². The molecule has 5 rings (SSSR count). The lowest BCUT2D eigenvalue weighted by atomic mass is 10.2. The van der Waals surface area contributed by atoms with Gasteiger partial charge in [0.25, 0.3) is 10.0 Å². The lowest BCUT2D eigenvalue weighted by molar-refractivity contribution is 0.567. The van der Waals surface area contributed by atoms with Crippen LogP contribution in [0.3, 0.4) is 0 Å². The molecule has 0 amide bonds. The van der Waals surface area contributed by atoms with Crippen LogP contribution in [0.25, 0.3) is 21.5 Å². The van der Waals surface area contributed by atoms with Crippen molar-refractivity contribution < 1.29 is 12.8 Å². The second kappa shape index (κ2) is 7.28. The number of H-pyrrole nitrogens is 1. The maximum atomic E-state index is 12.6. The molecule has 150 valence electrons. The Labute approximate surface area is 174 Å². The Morgan fingerprint density at radius 2 is 1.97 bits per heavy atom. The predicted molar refractivity (Wildman–Crippen MR) is 114 cm³/mol. The van der Waals surface area contributed by atoms with Crippen molar-refractivity contribution in [1.82, 2.24) is 20.4 Å². The first-order valence-corrected chi connectivity index (χ1v) is 11.1. The third kappa shape index (κ3) is 3.63. The summed E-state index contributed by atoms with van der Waals surface area (Å²) in [6.07, 6.45) is 4.47. The molecular weight excluding hydrogens is 424 g/mol. The normalized spacial score (nSPS) is 11.6. The van der Waals surface area contributed by atoms with Crippen molar-refractivity contribution in [2.75, 3.05) is 10.0 Å². The van der Waals surface area contributed by atoms with Gasteiger partial charge in [0.15, 0.2) is 0 Å². The van der Waals surface area contributed by atoms with E-state index < -0.39 is 10.0 Å². The number of nitrogens with one attached hydrogen (secondary N) is 3. The first kappa shape index (κ1) is 18.3. The van der Waals surface area contributed by atoms with E-state index >= 15 is 0 Å². The van der Waals surface area contributed by atoms with Crippen LogP contribution in [0, 0.1) is 0 Å². The number of benzene rings is 2. The van der Waals surface area contributed by atoms with Crippen molar-refractivity contribution in [2.24, 2.45) is 0 Å². The van der Waals surface area contributed by atoms with E-state index in [1.54, 1.807) is 24.4 Å². The Hall–Kier alpha value is -3.70. The minimum Gasteiger partial charge on any atom is -0.470 e. The van der Waals surface area contributed by atoms with Crippen molar-refractivity contribution in [3.8, 4) is 10.6 Å². The standard InChI is InChI=1S/C19H14N6O3S2/c26-30(27,25-15-6-7-28-11-15)16-3-1-2-12(9-16)18-23-24-19(29-18)21-14-4-5-17-13(8-14)10-20-22-17/h1-11,25H,(H,20,22)(H,21,24). The quantitative estimate of drug-likeness (QED) is 0.362. The van der Waals surface area contributed by atoms with Gasteiger partial charge in [-0.1, -0.05) is 23.5 Å². The number of fused-ring (bicyclic) bond motifs is 1. The molecule has 3 aromatic heterocycles. The third-order valence-corrected chi connectivity index (χ3v) is 6.55. The summed E-state index contributed by atoms with van der Waals surface area (Å²) >= 11 is 1.33. The molecule has 0 fully saturated rings. The SMILES string of the molecule is O=S(=O)(Nc1ccoc1)c1cccc(-c2nnc(Nc3ccc4[nH]ncc4c3)s2)c1. The lowest BCUT2D eigenvalue weighted by Crippen LogP contribution is -2.12. The topological polar surface area (TPSA) is 126 Å². The molecule has 2 aromatic carbocycles. The zero-order valence-corrected chi connectivity index (χ0v) is 16.9. The number of nitrogens with zero attached hydrogens (tertiary/aromatic N) is 3. The molecule has 0 atom stereocenters. The largest absolute Gasteiger partial charge is 0.470 e. The second-order valence-corrected chi connectivity index (χ2v) is 9.01. The average Bonchev–Trinajstić information content (AvgIpc) is 3.49. The Bertz CT molecular complexity index is 1420. The van der Waals surface area contributed by atoms with Crippen molar-refractivity contribution in [2.45, 2.75) is 4.90 Å². The summed E-state index contributed by atoms with van der Waals surface area (Å²) in [4.78, 5) is 0.122. The molecule has 0 aliphatic carbocycles. The summed E-state index contributed by atoms with van der Waals surface area (Å²) in [5, 5.41) is 20.7.